The Morgan fingerprint density at radius 1 is 1.25 bits per heavy atom. The van der Waals surface area contributed by atoms with Gasteiger partial charge in [0, 0.05) is 12.7 Å². The average molecular weight is 329 g/mol. The summed E-state index contributed by atoms with van der Waals surface area (Å²) in [5, 5.41) is 14.7. The fourth-order valence-corrected chi connectivity index (χ4v) is 1.97. The Labute approximate surface area is 142 Å². The van der Waals surface area contributed by atoms with Crippen molar-refractivity contribution in [2.45, 2.75) is 33.1 Å². The quantitative estimate of drug-likeness (QED) is 0.314. The van der Waals surface area contributed by atoms with E-state index in [1.54, 1.807) is 31.2 Å². The lowest BCUT2D eigenvalue weighted by Crippen LogP contribution is -2.19. The number of hydrogen-bond donors (Lipinski definition) is 2. The van der Waals surface area contributed by atoms with Crippen LogP contribution in [0.5, 0.6) is 0 Å². The Bertz CT molecular complexity index is 633. The summed E-state index contributed by atoms with van der Waals surface area (Å²) in [5.41, 5.74) is 0.513. The maximum absolute atomic E-state index is 12.2. The molecule has 0 aliphatic rings. The predicted octanol–water partition coefficient (Wildman–Crippen LogP) is 2.99. The fraction of sp³-hybridized carbons (Fsp3) is 0.389. The van der Waals surface area contributed by atoms with Crippen LogP contribution in [-0.2, 0) is 9.53 Å². The Kier molecular flexibility index (Phi) is 8.69. The van der Waals surface area contributed by atoms with Crippen molar-refractivity contribution >= 4 is 17.6 Å². The molecule has 0 aliphatic heterocycles. The highest BCUT2D eigenvalue weighted by atomic mass is 16.5. The Balaban J connectivity index is 2.77. The first-order chi connectivity index (χ1) is 11.6. The van der Waals surface area contributed by atoms with Crippen molar-refractivity contribution in [2.75, 3.05) is 18.5 Å². The first kappa shape index (κ1) is 19.2. The maximum atomic E-state index is 12.2. The van der Waals surface area contributed by atoms with Gasteiger partial charge >= 0.3 is 5.97 Å². The summed E-state index contributed by atoms with van der Waals surface area (Å²) in [5.74, 6) is -1.09. The summed E-state index contributed by atoms with van der Waals surface area (Å²) in [4.78, 5) is 24.1. The molecule has 0 heterocycles. The van der Waals surface area contributed by atoms with E-state index >= 15 is 0 Å². The summed E-state index contributed by atoms with van der Waals surface area (Å²) in [6, 6.07) is 8.38. The maximum Gasteiger partial charge on any atom is 0.340 e. The molecule has 6 heteroatoms. The molecule has 0 atom stereocenters. The van der Waals surface area contributed by atoms with Crippen molar-refractivity contribution < 1.29 is 14.3 Å². The van der Waals surface area contributed by atoms with Crippen LogP contribution < -0.4 is 10.6 Å². The standard InChI is InChI=1S/C18H23N3O3/c1-3-5-8-11-20-13-14(12-19)17(22)21-16-10-7-6-9-15(16)18(23)24-4-2/h6-7,9-10,13,20H,3-5,8,11H2,1-2H3,(H,21,22)/b14-13-. The normalized spacial score (nSPS) is 10.6. The second-order valence-electron chi connectivity index (χ2n) is 5.05. The van der Waals surface area contributed by atoms with Gasteiger partial charge in [-0.15, -0.1) is 0 Å². The zero-order chi connectivity index (χ0) is 17.8. The number of rotatable bonds is 9. The van der Waals surface area contributed by atoms with E-state index in [4.69, 9.17) is 10.00 Å². The van der Waals surface area contributed by atoms with E-state index in [2.05, 4.69) is 17.6 Å². The van der Waals surface area contributed by atoms with Gasteiger partial charge in [-0.3, -0.25) is 4.79 Å². The Morgan fingerprint density at radius 2 is 2.00 bits per heavy atom. The molecule has 6 nitrogen and oxygen atoms in total. The van der Waals surface area contributed by atoms with Crippen LogP contribution in [0, 0.1) is 11.3 Å². The molecule has 1 amide bonds. The molecule has 1 aromatic carbocycles. The minimum atomic E-state index is -0.572. The average Bonchev–Trinajstić information content (AvgIpc) is 2.58. The lowest BCUT2D eigenvalue weighted by Gasteiger charge is -2.10. The van der Waals surface area contributed by atoms with E-state index in [9.17, 15) is 9.59 Å². The van der Waals surface area contributed by atoms with Crippen LogP contribution in [0.1, 0.15) is 43.5 Å². The monoisotopic (exact) mass is 329 g/mol. The number of benzene rings is 1. The molecule has 0 saturated heterocycles. The summed E-state index contributed by atoms with van der Waals surface area (Å²) in [6.07, 6.45) is 4.56. The number of amides is 1. The van der Waals surface area contributed by atoms with Gasteiger partial charge in [0.05, 0.1) is 17.9 Å². The van der Waals surface area contributed by atoms with Crippen LogP contribution >= 0.6 is 0 Å². The predicted molar refractivity (Wildman–Crippen MR) is 92.3 cm³/mol. The van der Waals surface area contributed by atoms with Crippen molar-refractivity contribution in [1.82, 2.24) is 5.32 Å². The zero-order valence-corrected chi connectivity index (χ0v) is 14.1. The van der Waals surface area contributed by atoms with Gasteiger partial charge in [-0.05, 0) is 25.5 Å². The lowest BCUT2D eigenvalue weighted by atomic mass is 10.1. The van der Waals surface area contributed by atoms with Crippen molar-refractivity contribution in [1.29, 1.82) is 5.26 Å². The van der Waals surface area contributed by atoms with Crippen LogP contribution in [0.3, 0.4) is 0 Å². The number of anilines is 1. The number of unbranched alkanes of at least 4 members (excludes halogenated alkanes) is 2. The second kappa shape index (κ2) is 10.8. The van der Waals surface area contributed by atoms with Crippen LogP contribution in [0.15, 0.2) is 36.0 Å². The van der Waals surface area contributed by atoms with Crippen molar-refractivity contribution in [3.8, 4) is 6.07 Å². The van der Waals surface area contributed by atoms with Gasteiger partial charge in [0.15, 0.2) is 0 Å². The SMILES string of the molecule is CCCCCN/C=C(/C#N)C(=O)Nc1ccccc1C(=O)OCC. The number of para-hydroxylation sites is 1. The van der Waals surface area contributed by atoms with Crippen LogP contribution in [0.25, 0.3) is 0 Å². The third kappa shape index (κ3) is 6.13. The molecule has 0 unspecified atom stereocenters. The molecule has 24 heavy (non-hydrogen) atoms. The number of hydrogen-bond acceptors (Lipinski definition) is 5. The largest absolute Gasteiger partial charge is 0.462 e. The van der Waals surface area contributed by atoms with Gasteiger partial charge in [0.1, 0.15) is 11.6 Å². The number of esters is 1. The van der Waals surface area contributed by atoms with E-state index < -0.39 is 11.9 Å². The van der Waals surface area contributed by atoms with Gasteiger partial charge in [0.25, 0.3) is 5.91 Å². The molecular weight excluding hydrogens is 306 g/mol. The van der Waals surface area contributed by atoms with Gasteiger partial charge < -0.3 is 15.4 Å². The molecule has 1 rings (SSSR count). The summed E-state index contributed by atoms with van der Waals surface area (Å²) < 4.78 is 4.96. The molecule has 0 aliphatic carbocycles. The highest BCUT2D eigenvalue weighted by Crippen LogP contribution is 2.17. The summed E-state index contributed by atoms with van der Waals surface area (Å²) in [7, 11) is 0. The Hall–Kier alpha value is -2.81. The fourth-order valence-electron chi connectivity index (χ4n) is 1.97. The van der Waals surface area contributed by atoms with Gasteiger partial charge in [-0.2, -0.15) is 5.26 Å². The van der Waals surface area contributed by atoms with Crippen molar-refractivity contribution in [3.05, 3.63) is 41.6 Å². The third-order valence-electron chi connectivity index (χ3n) is 3.21. The number of nitrogens with one attached hydrogen (secondary N) is 2. The number of carbonyl (C=O) groups excluding carboxylic acids is 2. The number of nitrogens with zero attached hydrogens (tertiary/aromatic N) is 1. The first-order valence-corrected chi connectivity index (χ1v) is 8.05. The molecule has 0 aromatic heterocycles. The molecule has 1 aromatic rings. The van der Waals surface area contributed by atoms with E-state index in [0.29, 0.717) is 12.2 Å². The first-order valence-electron chi connectivity index (χ1n) is 8.05. The van der Waals surface area contributed by atoms with E-state index in [1.165, 1.54) is 6.20 Å². The van der Waals surface area contributed by atoms with Gasteiger partial charge in [-0.25, -0.2) is 4.79 Å². The second-order valence-corrected chi connectivity index (χ2v) is 5.05. The number of carbonyl (C=O) groups is 2. The molecule has 0 bridgehead atoms. The minimum Gasteiger partial charge on any atom is -0.462 e. The molecule has 0 fully saturated rings. The van der Waals surface area contributed by atoms with Gasteiger partial charge in [0.2, 0.25) is 0 Å². The van der Waals surface area contributed by atoms with Crippen LogP contribution in [0.4, 0.5) is 5.69 Å². The van der Waals surface area contributed by atoms with E-state index in [-0.39, 0.29) is 17.7 Å². The summed E-state index contributed by atoms with van der Waals surface area (Å²) in [6.45, 7) is 4.75. The van der Waals surface area contributed by atoms with Crippen LogP contribution in [-0.4, -0.2) is 25.0 Å². The van der Waals surface area contributed by atoms with Crippen molar-refractivity contribution in [2.24, 2.45) is 0 Å². The lowest BCUT2D eigenvalue weighted by molar-refractivity contribution is -0.112. The molecule has 2 N–H and O–H groups in total. The molecule has 0 saturated carbocycles. The van der Waals surface area contributed by atoms with Crippen LogP contribution in [0.2, 0.25) is 0 Å². The van der Waals surface area contributed by atoms with Crippen molar-refractivity contribution in [3.63, 3.8) is 0 Å². The summed E-state index contributed by atoms with van der Waals surface area (Å²) >= 11 is 0. The zero-order valence-electron chi connectivity index (χ0n) is 14.1. The van der Waals surface area contributed by atoms with E-state index in [1.807, 2.05) is 6.07 Å². The smallest absolute Gasteiger partial charge is 0.340 e. The third-order valence-corrected chi connectivity index (χ3v) is 3.21. The number of ether oxygens (including phenoxy) is 1. The topological polar surface area (TPSA) is 91.2 Å². The number of nitriles is 1. The molecule has 0 spiro atoms. The molecule has 128 valence electrons. The minimum absolute atomic E-state index is 0.0508. The highest BCUT2D eigenvalue weighted by Gasteiger charge is 2.16. The highest BCUT2D eigenvalue weighted by molar-refractivity contribution is 6.09. The molecular formula is C18H23N3O3. The Morgan fingerprint density at radius 3 is 2.67 bits per heavy atom. The van der Waals surface area contributed by atoms with Gasteiger partial charge in [-0.1, -0.05) is 31.9 Å². The van der Waals surface area contributed by atoms with E-state index in [0.717, 1.165) is 19.3 Å². The molecule has 0 radical (unpaired) electrons.